The number of anilines is 1. The van der Waals surface area contributed by atoms with Gasteiger partial charge in [-0.1, -0.05) is 49.4 Å². The van der Waals surface area contributed by atoms with Crippen LogP contribution in [0.5, 0.6) is 0 Å². The molecule has 2 aromatic heterocycles. The number of hydrogen-bond donors (Lipinski definition) is 2. The molecule has 1 aliphatic heterocycles. The molecular weight excluding hydrogens is 486 g/mol. The van der Waals surface area contributed by atoms with Crippen molar-refractivity contribution in [2.75, 3.05) is 18.4 Å². The number of pyridine rings is 1. The first-order valence-electron chi connectivity index (χ1n) is 13.5. The molecule has 0 saturated carbocycles. The number of thiocarbonyl (C=S) groups is 1. The van der Waals surface area contributed by atoms with Gasteiger partial charge in [0, 0.05) is 36.4 Å². The molecule has 0 unspecified atom stereocenters. The van der Waals surface area contributed by atoms with Gasteiger partial charge in [0.2, 0.25) is 0 Å². The molecular formula is C32H37N5S. The van der Waals surface area contributed by atoms with Crippen molar-refractivity contribution in [1.82, 2.24) is 19.8 Å². The molecule has 2 N–H and O–H groups in total. The fourth-order valence-electron chi connectivity index (χ4n) is 5.78. The summed E-state index contributed by atoms with van der Waals surface area (Å²) in [6.45, 7) is 10.6. The Morgan fingerprint density at radius 3 is 2.50 bits per heavy atom. The van der Waals surface area contributed by atoms with Crippen LogP contribution in [-0.4, -0.2) is 32.7 Å². The first-order valence-corrected chi connectivity index (χ1v) is 13.9. The van der Waals surface area contributed by atoms with E-state index in [4.69, 9.17) is 17.2 Å². The van der Waals surface area contributed by atoms with E-state index in [-0.39, 0.29) is 12.1 Å². The Morgan fingerprint density at radius 2 is 1.76 bits per heavy atom. The van der Waals surface area contributed by atoms with Crippen molar-refractivity contribution in [1.29, 1.82) is 0 Å². The molecule has 0 aliphatic carbocycles. The maximum atomic E-state index is 5.93. The number of para-hydroxylation sites is 2. The Balaban J connectivity index is 1.50. The van der Waals surface area contributed by atoms with Gasteiger partial charge >= 0.3 is 0 Å². The largest absolute Gasteiger partial charge is 0.385 e. The minimum Gasteiger partial charge on any atom is -0.385 e. The second kappa shape index (κ2) is 11.4. The Hall–Kier alpha value is -3.64. The predicted octanol–water partition coefficient (Wildman–Crippen LogP) is 6.83. The fourth-order valence-corrected chi connectivity index (χ4v) is 6.11. The maximum absolute atomic E-state index is 5.93. The summed E-state index contributed by atoms with van der Waals surface area (Å²) in [6, 6.07) is 25.5. The van der Waals surface area contributed by atoms with E-state index >= 15 is 0 Å². The van der Waals surface area contributed by atoms with E-state index in [2.05, 4.69) is 108 Å². The summed E-state index contributed by atoms with van der Waals surface area (Å²) in [5.41, 5.74) is 9.92. The molecule has 1 saturated heterocycles. The average Bonchev–Trinajstić information content (AvgIpc) is 3.42. The molecule has 1 aliphatic rings. The molecule has 196 valence electrons. The number of benzene rings is 2. The molecule has 0 radical (unpaired) electrons. The molecule has 2 atom stereocenters. The van der Waals surface area contributed by atoms with Crippen LogP contribution >= 0.6 is 12.2 Å². The molecule has 38 heavy (non-hydrogen) atoms. The maximum Gasteiger partial charge on any atom is 0.170 e. The monoisotopic (exact) mass is 523 g/mol. The van der Waals surface area contributed by atoms with Crippen LogP contribution in [0.4, 0.5) is 5.69 Å². The molecule has 2 aromatic carbocycles. The molecule has 6 heteroatoms. The van der Waals surface area contributed by atoms with Crippen molar-refractivity contribution in [2.24, 2.45) is 0 Å². The molecule has 5 rings (SSSR count). The van der Waals surface area contributed by atoms with E-state index in [1.807, 2.05) is 18.3 Å². The van der Waals surface area contributed by atoms with Crippen LogP contribution < -0.4 is 10.6 Å². The second-order valence-electron chi connectivity index (χ2n) is 10.1. The third kappa shape index (κ3) is 5.05. The van der Waals surface area contributed by atoms with Gasteiger partial charge in [-0.25, -0.2) is 0 Å². The van der Waals surface area contributed by atoms with Gasteiger partial charge in [-0.05, 0) is 92.9 Å². The van der Waals surface area contributed by atoms with E-state index in [1.165, 1.54) is 33.8 Å². The first-order chi connectivity index (χ1) is 18.5. The van der Waals surface area contributed by atoms with Crippen molar-refractivity contribution in [3.63, 3.8) is 0 Å². The van der Waals surface area contributed by atoms with Gasteiger partial charge in [-0.2, -0.15) is 0 Å². The summed E-state index contributed by atoms with van der Waals surface area (Å²) >= 11 is 5.93. The van der Waals surface area contributed by atoms with E-state index in [0.717, 1.165) is 42.4 Å². The van der Waals surface area contributed by atoms with Gasteiger partial charge < -0.3 is 20.1 Å². The van der Waals surface area contributed by atoms with Crippen LogP contribution in [-0.2, 0) is 6.42 Å². The number of aryl methyl sites for hydroxylation is 3. The lowest BCUT2D eigenvalue weighted by molar-refractivity contribution is 0.315. The highest BCUT2D eigenvalue weighted by Gasteiger charge is 2.41. The van der Waals surface area contributed by atoms with E-state index in [0.29, 0.717) is 0 Å². The number of rotatable bonds is 9. The van der Waals surface area contributed by atoms with Crippen molar-refractivity contribution < 1.29 is 0 Å². The molecule has 3 heterocycles. The minimum atomic E-state index is -0.0118. The zero-order chi connectivity index (χ0) is 26.6. The summed E-state index contributed by atoms with van der Waals surface area (Å²) in [4.78, 5) is 7.10. The third-order valence-electron chi connectivity index (χ3n) is 7.59. The van der Waals surface area contributed by atoms with Gasteiger partial charge in [0.05, 0.1) is 23.5 Å². The summed E-state index contributed by atoms with van der Waals surface area (Å²) < 4.78 is 2.44. The summed E-state index contributed by atoms with van der Waals surface area (Å²) in [6.07, 6.45) is 3.84. The SMILES string of the molecule is CCc1cccc(C)c1-n1c(C)cc([C@H]2[C@H](c3ccccn3)NC(=S)N2CCCNc2ccccc2)c1C. The van der Waals surface area contributed by atoms with Crippen LogP contribution in [0.15, 0.2) is 79.0 Å². The van der Waals surface area contributed by atoms with Gasteiger partial charge in [0.1, 0.15) is 0 Å². The first kappa shape index (κ1) is 26.0. The Kier molecular flexibility index (Phi) is 7.79. The highest BCUT2D eigenvalue weighted by atomic mass is 32.1. The number of nitrogens with one attached hydrogen (secondary N) is 2. The summed E-state index contributed by atoms with van der Waals surface area (Å²) in [5, 5.41) is 7.95. The van der Waals surface area contributed by atoms with E-state index in [1.54, 1.807) is 0 Å². The molecule has 0 spiro atoms. The lowest BCUT2D eigenvalue weighted by Gasteiger charge is -2.28. The van der Waals surface area contributed by atoms with E-state index in [9.17, 15) is 0 Å². The minimum absolute atomic E-state index is 0.0118. The summed E-state index contributed by atoms with van der Waals surface area (Å²) in [5.74, 6) is 0. The topological polar surface area (TPSA) is 45.1 Å². The highest BCUT2D eigenvalue weighted by Crippen LogP contribution is 2.42. The lowest BCUT2D eigenvalue weighted by atomic mass is 9.96. The van der Waals surface area contributed by atoms with Crippen molar-refractivity contribution in [2.45, 2.75) is 52.6 Å². The lowest BCUT2D eigenvalue weighted by Crippen LogP contribution is -2.31. The zero-order valence-electron chi connectivity index (χ0n) is 22.7. The fraction of sp³-hybridized carbons (Fsp3) is 0.312. The number of aromatic nitrogens is 2. The van der Waals surface area contributed by atoms with E-state index < -0.39 is 0 Å². The van der Waals surface area contributed by atoms with Gasteiger partial charge in [0.15, 0.2) is 5.11 Å². The smallest absolute Gasteiger partial charge is 0.170 e. The molecule has 1 fully saturated rings. The summed E-state index contributed by atoms with van der Waals surface area (Å²) in [7, 11) is 0. The predicted molar refractivity (Wildman–Crippen MR) is 161 cm³/mol. The molecule has 0 bridgehead atoms. The van der Waals surface area contributed by atoms with Crippen molar-refractivity contribution in [3.8, 4) is 5.69 Å². The number of hydrogen-bond acceptors (Lipinski definition) is 3. The molecule has 0 amide bonds. The van der Waals surface area contributed by atoms with Gasteiger partial charge in [-0.15, -0.1) is 0 Å². The standard InChI is InChI=1S/C32H37N5S/c1-5-25-14-11-13-22(2)30(25)37-23(3)21-27(24(37)4)31-29(28-17-9-10-18-34-28)35-32(38)36(31)20-12-19-33-26-15-7-6-8-16-26/h6-11,13-18,21,29,31,33H,5,12,19-20H2,1-4H3,(H,35,38)/t29-,31-/m0/s1. The van der Waals surface area contributed by atoms with Crippen molar-refractivity contribution in [3.05, 3.63) is 113 Å². The molecule has 4 aromatic rings. The Labute approximate surface area is 231 Å². The average molecular weight is 524 g/mol. The highest BCUT2D eigenvalue weighted by molar-refractivity contribution is 7.80. The second-order valence-corrected chi connectivity index (χ2v) is 10.5. The molecule has 5 nitrogen and oxygen atoms in total. The Bertz CT molecular complexity index is 1400. The van der Waals surface area contributed by atoms with Crippen molar-refractivity contribution >= 4 is 23.0 Å². The quantitative estimate of drug-likeness (QED) is 0.186. The van der Waals surface area contributed by atoms with Crippen LogP contribution in [0.3, 0.4) is 0 Å². The zero-order valence-corrected chi connectivity index (χ0v) is 23.6. The third-order valence-corrected chi connectivity index (χ3v) is 7.94. The van der Waals surface area contributed by atoms with Crippen LogP contribution in [0.1, 0.15) is 59.2 Å². The van der Waals surface area contributed by atoms with Crippen LogP contribution in [0, 0.1) is 20.8 Å². The van der Waals surface area contributed by atoms with Crippen LogP contribution in [0.25, 0.3) is 5.69 Å². The van der Waals surface area contributed by atoms with Gasteiger partial charge in [-0.3, -0.25) is 4.98 Å². The Morgan fingerprint density at radius 1 is 0.974 bits per heavy atom. The van der Waals surface area contributed by atoms with Crippen LogP contribution in [0.2, 0.25) is 0 Å². The normalized spacial score (nSPS) is 17.1. The number of nitrogens with zero attached hydrogens (tertiary/aromatic N) is 3. The van der Waals surface area contributed by atoms with Gasteiger partial charge in [0.25, 0.3) is 0 Å².